The summed E-state index contributed by atoms with van der Waals surface area (Å²) in [6, 6.07) is -0.156. The molecule has 1 saturated heterocycles. The Hall–Kier alpha value is -1.10. The lowest BCUT2D eigenvalue weighted by molar-refractivity contribution is -0.128. The first-order valence-electron chi connectivity index (χ1n) is 6.78. The maximum Gasteiger partial charge on any atom is 0.239 e. The fourth-order valence-electron chi connectivity index (χ4n) is 2.06. The van der Waals surface area contributed by atoms with Crippen molar-refractivity contribution in [3.8, 4) is 0 Å². The van der Waals surface area contributed by atoms with Crippen LogP contribution in [0, 0.1) is 11.8 Å². The molecule has 0 radical (unpaired) electrons. The van der Waals surface area contributed by atoms with Crippen molar-refractivity contribution in [3.05, 3.63) is 0 Å². The second-order valence-electron chi connectivity index (χ2n) is 5.47. The van der Waals surface area contributed by atoms with E-state index >= 15 is 0 Å². The van der Waals surface area contributed by atoms with Gasteiger partial charge in [0, 0.05) is 6.54 Å². The Morgan fingerprint density at radius 2 is 2.06 bits per heavy atom. The van der Waals surface area contributed by atoms with Crippen LogP contribution in [0.2, 0.25) is 0 Å². The van der Waals surface area contributed by atoms with Gasteiger partial charge < -0.3 is 16.0 Å². The molecule has 1 aliphatic heterocycles. The zero-order valence-electron chi connectivity index (χ0n) is 11.6. The molecule has 18 heavy (non-hydrogen) atoms. The Kier molecular flexibility index (Phi) is 6.12. The molecular formula is C13H25N3O2. The third-order valence-corrected chi connectivity index (χ3v) is 3.18. The first-order chi connectivity index (χ1) is 8.50. The SMILES string of the molecule is CC(C)CNC(=O)CNC(=O)C1NCCCC1C. The quantitative estimate of drug-likeness (QED) is 0.660. The number of piperidine rings is 1. The summed E-state index contributed by atoms with van der Waals surface area (Å²) < 4.78 is 0. The summed E-state index contributed by atoms with van der Waals surface area (Å²) in [7, 11) is 0. The molecule has 0 saturated carbocycles. The second-order valence-corrected chi connectivity index (χ2v) is 5.47. The minimum Gasteiger partial charge on any atom is -0.354 e. The number of nitrogens with one attached hydrogen (secondary N) is 3. The van der Waals surface area contributed by atoms with Crippen LogP contribution in [0.5, 0.6) is 0 Å². The molecule has 5 heteroatoms. The van der Waals surface area contributed by atoms with Crippen LogP contribution in [0.3, 0.4) is 0 Å². The Labute approximate surface area is 109 Å². The molecule has 2 unspecified atom stereocenters. The van der Waals surface area contributed by atoms with Gasteiger partial charge in [-0.25, -0.2) is 0 Å². The molecule has 2 atom stereocenters. The Morgan fingerprint density at radius 3 is 2.67 bits per heavy atom. The van der Waals surface area contributed by atoms with Crippen LogP contribution >= 0.6 is 0 Å². The van der Waals surface area contributed by atoms with Crippen LogP contribution in [0.4, 0.5) is 0 Å². The first-order valence-corrected chi connectivity index (χ1v) is 6.78. The van der Waals surface area contributed by atoms with E-state index in [0.717, 1.165) is 19.4 Å². The van der Waals surface area contributed by atoms with Crippen molar-refractivity contribution in [1.29, 1.82) is 0 Å². The summed E-state index contributed by atoms with van der Waals surface area (Å²) in [5.74, 6) is 0.560. The second kappa shape index (κ2) is 7.36. The van der Waals surface area contributed by atoms with E-state index in [1.54, 1.807) is 0 Å². The van der Waals surface area contributed by atoms with E-state index in [1.165, 1.54) is 0 Å². The van der Waals surface area contributed by atoms with Gasteiger partial charge in [0.15, 0.2) is 0 Å². The normalized spacial score (nSPS) is 23.8. The van der Waals surface area contributed by atoms with Crippen LogP contribution < -0.4 is 16.0 Å². The van der Waals surface area contributed by atoms with Crippen LogP contribution in [-0.4, -0.2) is 37.5 Å². The van der Waals surface area contributed by atoms with Crippen LogP contribution in [0.15, 0.2) is 0 Å². The highest BCUT2D eigenvalue weighted by molar-refractivity contribution is 5.87. The standard InChI is InChI=1S/C13H25N3O2/c1-9(2)7-15-11(17)8-16-13(18)12-10(3)5-4-6-14-12/h9-10,12,14H,4-8H2,1-3H3,(H,15,17)(H,16,18). The lowest BCUT2D eigenvalue weighted by atomic mass is 9.92. The molecule has 104 valence electrons. The fourth-order valence-corrected chi connectivity index (χ4v) is 2.06. The maximum atomic E-state index is 11.9. The molecule has 0 aromatic carbocycles. The molecule has 0 aromatic rings. The number of amides is 2. The molecule has 2 amide bonds. The van der Waals surface area contributed by atoms with Crippen molar-refractivity contribution in [2.75, 3.05) is 19.6 Å². The largest absolute Gasteiger partial charge is 0.354 e. The van der Waals surface area contributed by atoms with Gasteiger partial charge in [-0.3, -0.25) is 9.59 Å². The third kappa shape index (κ3) is 5.04. The van der Waals surface area contributed by atoms with Crippen molar-refractivity contribution >= 4 is 11.8 Å². The van der Waals surface area contributed by atoms with Crippen molar-refractivity contribution in [2.24, 2.45) is 11.8 Å². The van der Waals surface area contributed by atoms with Gasteiger partial charge >= 0.3 is 0 Å². The highest BCUT2D eigenvalue weighted by Gasteiger charge is 2.27. The number of carbonyl (C=O) groups is 2. The molecule has 0 aromatic heterocycles. The van der Waals surface area contributed by atoms with E-state index in [1.807, 2.05) is 13.8 Å². The van der Waals surface area contributed by atoms with Crippen LogP contribution in [-0.2, 0) is 9.59 Å². The monoisotopic (exact) mass is 255 g/mol. The average molecular weight is 255 g/mol. The molecule has 0 aliphatic carbocycles. The van der Waals surface area contributed by atoms with Crippen molar-refractivity contribution < 1.29 is 9.59 Å². The Bertz CT molecular complexity index is 292. The van der Waals surface area contributed by atoms with Crippen molar-refractivity contribution in [1.82, 2.24) is 16.0 Å². The summed E-state index contributed by atoms with van der Waals surface area (Å²) >= 11 is 0. The van der Waals surface area contributed by atoms with Gasteiger partial charge in [-0.2, -0.15) is 0 Å². The number of hydrogen-bond donors (Lipinski definition) is 3. The zero-order chi connectivity index (χ0) is 13.5. The van der Waals surface area contributed by atoms with Gasteiger partial charge in [0.05, 0.1) is 12.6 Å². The summed E-state index contributed by atoms with van der Waals surface area (Å²) in [5, 5.41) is 8.67. The van der Waals surface area contributed by atoms with E-state index in [0.29, 0.717) is 18.4 Å². The minimum atomic E-state index is -0.156. The summed E-state index contributed by atoms with van der Waals surface area (Å²) in [6.45, 7) is 7.72. The van der Waals surface area contributed by atoms with Crippen LogP contribution in [0.25, 0.3) is 0 Å². The van der Waals surface area contributed by atoms with E-state index in [4.69, 9.17) is 0 Å². The van der Waals surface area contributed by atoms with E-state index in [-0.39, 0.29) is 24.4 Å². The van der Waals surface area contributed by atoms with E-state index < -0.39 is 0 Å². The number of hydrogen-bond acceptors (Lipinski definition) is 3. The Balaban J connectivity index is 2.25. The molecular weight excluding hydrogens is 230 g/mol. The van der Waals surface area contributed by atoms with Gasteiger partial charge in [-0.15, -0.1) is 0 Å². The lowest BCUT2D eigenvalue weighted by Gasteiger charge is -2.28. The molecule has 1 heterocycles. The highest BCUT2D eigenvalue weighted by Crippen LogP contribution is 2.15. The molecule has 1 rings (SSSR count). The highest BCUT2D eigenvalue weighted by atomic mass is 16.2. The molecule has 5 nitrogen and oxygen atoms in total. The number of rotatable bonds is 5. The van der Waals surface area contributed by atoms with E-state index in [9.17, 15) is 9.59 Å². The van der Waals surface area contributed by atoms with Gasteiger partial charge in [-0.1, -0.05) is 20.8 Å². The van der Waals surface area contributed by atoms with Gasteiger partial charge in [0.2, 0.25) is 11.8 Å². The summed E-state index contributed by atoms with van der Waals surface area (Å²) in [4.78, 5) is 23.4. The molecule has 0 spiro atoms. The Morgan fingerprint density at radius 1 is 1.33 bits per heavy atom. The fraction of sp³-hybridized carbons (Fsp3) is 0.846. The minimum absolute atomic E-state index is 0.0659. The molecule has 1 aliphatic rings. The van der Waals surface area contributed by atoms with Crippen LogP contribution in [0.1, 0.15) is 33.6 Å². The van der Waals surface area contributed by atoms with Gasteiger partial charge in [-0.05, 0) is 31.2 Å². The molecule has 3 N–H and O–H groups in total. The predicted molar refractivity (Wildman–Crippen MR) is 71.0 cm³/mol. The van der Waals surface area contributed by atoms with E-state index in [2.05, 4.69) is 22.9 Å². The molecule has 0 bridgehead atoms. The lowest BCUT2D eigenvalue weighted by Crippen LogP contribution is -2.52. The van der Waals surface area contributed by atoms with Crippen molar-refractivity contribution in [3.63, 3.8) is 0 Å². The topological polar surface area (TPSA) is 70.2 Å². The third-order valence-electron chi connectivity index (χ3n) is 3.18. The summed E-state index contributed by atoms with van der Waals surface area (Å²) in [5.41, 5.74) is 0. The van der Waals surface area contributed by atoms with Gasteiger partial charge in [0.1, 0.15) is 0 Å². The summed E-state index contributed by atoms with van der Waals surface area (Å²) in [6.07, 6.45) is 2.17. The molecule has 1 fully saturated rings. The van der Waals surface area contributed by atoms with Crippen molar-refractivity contribution in [2.45, 2.75) is 39.7 Å². The number of carbonyl (C=O) groups excluding carboxylic acids is 2. The predicted octanol–water partition coefficient (Wildman–Crippen LogP) is 0.263. The van der Waals surface area contributed by atoms with Gasteiger partial charge in [0.25, 0.3) is 0 Å². The first kappa shape index (κ1) is 15.0. The zero-order valence-corrected chi connectivity index (χ0v) is 11.6. The maximum absolute atomic E-state index is 11.9. The smallest absolute Gasteiger partial charge is 0.239 e. The average Bonchev–Trinajstić information content (AvgIpc) is 2.34.